The molecular weight excluding hydrogens is 412 g/mol. The van der Waals surface area contributed by atoms with E-state index in [-0.39, 0.29) is 24.3 Å². The molecule has 0 unspecified atom stereocenters. The Balaban J connectivity index is 1.62. The number of amides is 2. The van der Waals surface area contributed by atoms with E-state index >= 15 is 0 Å². The van der Waals surface area contributed by atoms with Gasteiger partial charge in [0.15, 0.2) is 6.61 Å². The van der Waals surface area contributed by atoms with Gasteiger partial charge in [-0.1, -0.05) is 49.7 Å². The highest BCUT2D eigenvalue weighted by atomic mass is 35.5. The van der Waals surface area contributed by atoms with E-state index in [4.69, 9.17) is 16.3 Å². The van der Waals surface area contributed by atoms with Crippen LogP contribution in [0, 0.1) is 6.92 Å². The fourth-order valence-corrected chi connectivity index (χ4v) is 3.28. The fraction of sp³-hybridized carbons (Fsp3) is 0.200. The van der Waals surface area contributed by atoms with Gasteiger partial charge < -0.3 is 15.4 Å². The quantitative estimate of drug-likeness (QED) is 0.474. The van der Waals surface area contributed by atoms with Gasteiger partial charge in [0, 0.05) is 22.0 Å². The molecule has 3 aromatic rings. The third-order valence-electron chi connectivity index (χ3n) is 4.64. The molecule has 5 nitrogen and oxygen atoms in total. The smallest absolute Gasteiger partial charge is 0.262 e. The van der Waals surface area contributed by atoms with E-state index in [0.29, 0.717) is 27.7 Å². The molecule has 0 aliphatic heterocycles. The maximum Gasteiger partial charge on any atom is 0.262 e. The lowest BCUT2D eigenvalue weighted by Gasteiger charge is -2.15. The Labute approximate surface area is 187 Å². The van der Waals surface area contributed by atoms with Crippen molar-refractivity contribution >= 4 is 34.8 Å². The minimum atomic E-state index is -0.302. The van der Waals surface area contributed by atoms with Crippen LogP contribution in [-0.2, 0) is 4.79 Å². The van der Waals surface area contributed by atoms with E-state index < -0.39 is 0 Å². The first-order valence-electron chi connectivity index (χ1n) is 10.0. The predicted molar refractivity (Wildman–Crippen MR) is 125 cm³/mol. The Morgan fingerprint density at radius 2 is 1.65 bits per heavy atom. The van der Waals surface area contributed by atoms with Crippen LogP contribution in [0.1, 0.15) is 41.3 Å². The van der Waals surface area contributed by atoms with E-state index in [9.17, 15) is 9.59 Å². The molecule has 31 heavy (non-hydrogen) atoms. The maximum atomic E-state index is 12.5. The van der Waals surface area contributed by atoms with Crippen molar-refractivity contribution in [3.63, 3.8) is 0 Å². The lowest BCUT2D eigenvalue weighted by Crippen LogP contribution is -2.21. The molecule has 0 bridgehead atoms. The zero-order chi connectivity index (χ0) is 22.4. The van der Waals surface area contributed by atoms with E-state index in [1.165, 1.54) is 0 Å². The highest BCUT2D eigenvalue weighted by Crippen LogP contribution is 2.27. The van der Waals surface area contributed by atoms with Crippen molar-refractivity contribution in [3.8, 4) is 5.75 Å². The van der Waals surface area contributed by atoms with E-state index in [1.54, 1.807) is 48.5 Å². The number of ether oxygens (including phenoxy) is 1. The van der Waals surface area contributed by atoms with Gasteiger partial charge >= 0.3 is 0 Å². The van der Waals surface area contributed by atoms with Crippen LogP contribution in [0.5, 0.6) is 5.75 Å². The SMILES string of the molecule is Cc1ccc(C(C)C)c(OCC(=O)Nc2cccc(C(=O)Nc3cccc(Cl)c3)c2)c1. The van der Waals surface area contributed by atoms with Crippen LogP contribution in [-0.4, -0.2) is 18.4 Å². The average molecular weight is 437 g/mol. The molecule has 0 fully saturated rings. The summed E-state index contributed by atoms with van der Waals surface area (Å²) in [7, 11) is 0. The van der Waals surface area contributed by atoms with Crippen LogP contribution in [0.25, 0.3) is 0 Å². The summed E-state index contributed by atoms with van der Waals surface area (Å²) in [6, 6.07) is 19.6. The minimum absolute atomic E-state index is 0.123. The first kappa shape index (κ1) is 22.4. The summed E-state index contributed by atoms with van der Waals surface area (Å²) in [6.07, 6.45) is 0. The number of hydrogen-bond acceptors (Lipinski definition) is 3. The highest BCUT2D eigenvalue weighted by Gasteiger charge is 2.12. The van der Waals surface area contributed by atoms with Gasteiger partial charge in [-0.3, -0.25) is 9.59 Å². The number of carbonyl (C=O) groups is 2. The number of carbonyl (C=O) groups excluding carboxylic acids is 2. The molecule has 3 aromatic carbocycles. The molecule has 0 aliphatic carbocycles. The van der Waals surface area contributed by atoms with E-state index in [2.05, 4.69) is 24.5 Å². The van der Waals surface area contributed by atoms with Crippen molar-refractivity contribution in [2.45, 2.75) is 26.7 Å². The Kier molecular flexibility index (Phi) is 7.32. The molecule has 6 heteroatoms. The van der Waals surface area contributed by atoms with Crippen molar-refractivity contribution in [1.82, 2.24) is 0 Å². The molecule has 0 saturated heterocycles. The minimum Gasteiger partial charge on any atom is -0.483 e. The summed E-state index contributed by atoms with van der Waals surface area (Å²) in [5, 5.41) is 6.10. The second kappa shape index (κ2) is 10.1. The third-order valence-corrected chi connectivity index (χ3v) is 4.88. The molecule has 0 heterocycles. The van der Waals surface area contributed by atoms with Gasteiger partial charge in [0.1, 0.15) is 5.75 Å². The van der Waals surface area contributed by atoms with Gasteiger partial charge in [-0.05, 0) is 66.4 Å². The molecule has 0 spiro atoms. The molecule has 0 saturated carbocycles. The summed E-state index contributed by atoms with van der Waals surface area (Å²) in [5.74, 6) is 0.396. The standard InChI is InChI=1S/C25H25ClN2O3/c1-16(2)22-11-10-17(3)12-23(22)31-15-24(29)27-20-8-4-6-18(13-20)25(30)28-21-9-5-7-19(26)14-21/h4-14,16H,15H2,1-3H3,(H,27,29)(H,28,30). The van der Waals surface area contributed by atoms with Crippen molar-refractivity contribution < 1.29 is 14.3 Å². The number of anilines is 2. The van der Waals surface area contributed by atoms with Gasteiger partial charge in [-0.15, -0.1) is 0 Å². The second-order valence-electron chi connectivity index (χ2n) is 7.58. The van der Waals surface area contributed by atoms with Crippen LogP contribution in [0.3, 0.4) is 0 Å². The van der Waals surface area contributed by atoms with E-state index in [1.807, 2.05) is 25.1 Å². The molecular formula is C25H25ClN2O3. The van der Waals surface area contributed by atoms with Crippen molar-refractivity contribution in [2.75, 3.05) is 17.2 Å². The monoisotopic (exact) mass is 436 g/mol. The Hall–Kier alpha value is -3.31. The third kappa shape index (κ3) is 6.33. The normalized spacial score (nSPS) is 10.6. The summed E-state index contributed by atoms with van der Waals surface area (Å²) in [5.41, 5.74) is 3.65. The Bertz CT molecular complexity index is 1100. The van der Waals surface area contributed by atoms with Gasteiger partial charge in [0.25, 0.3) is 11.8 Å². The fourth-order valence-electron chi connectivity index (χ4n) is 3.09. The lowest BCUT2D eigenvalue weighted by molar-refractivity contribution is -0.118. The Morgan fingerprint density at radius 1 is 0.935 bits per heavy atom. The van der Waals surface area contributed by atoms with Crippen LogP contribution in [0.15, 0.2) is 66.7 Å². The van der Waals surface area contributed by atoms with E-state index in [0.717, 1.165) is 11.1 Å². The summed E-state index contributed by atoms with van der Waals surface area (Å²) < 4.78 is 5.78. The number of rotatable bonds is 7. The number of benzene rings is 3. The number of nitrogens with one attached hydrogen (secondary N) is 2. The topological polar surface area (TPSA) is 67.4 Å². The van der Waals surface area contributed by atoms with Crippen molar-refractivity contribution in [2.24, 2.45) is 0 Å². The lowest BCUT2D eigenvalue weighted by atomic mass is 10.0. The van der Waals surface area contributed by atoms with Gasteiger partial charge in [-0.25, -0.2) is 0 Å². The average Bonchev–Trinajstić information content (AvgIpc) is 2.72. The molecule has 2 amide bonds. The number of halogens is 1. The molecule has 3 rings (SSSR count). The van der Waals surface area contributed by atoms with Crippen LogP contribution < -0.4 is 15.4 Å². The zero-order valence-corrected chi connectivity index (χ0v) is 18.5. The van der Waals surface area contributed by atoms with Gasteiger partial charge in [0.2, 0.25) is 0 Å². The molecule has 0 aliphatic rings. The van der Waals surface area contributed by atoms with Gasteiger partial charge in [0.05, 0.1) is 0 Å². The molecule has 160 valence electrons. The Morgan fingerprint density at radius 3 is 2.35 bits per heavy atom. The maximum absolute atomic E-state index is 12.5. The second-order valence-corrected chi connectivity index (χ2v) is 8.01. The largest absolute Gasteiger partial charge is 0.483 e. The van der Waals surface area contributed by atoms with Crippen LogP contribution in [0.2, 0.25) is 5.02 Å². The summed E-state index contributed by atoms with van der Waals surface area (Å²) >= 11 is 5.96. The first-order chi connectivity index (χ1) is 14.8. The highest BCUT2D eigenvalue weighted by molar-refractivity contribution is 6.31. The zero-order valence-electron chi connectivity index (χ0n) is 17.7. The predicted octanol–water partition coefficient (Wildman–Crippen LogP) is 6.04. The number of aryl methyl sites for hydroxylation is 1. The number of hydrogen-bond donors (Lipinski definition) is 2. The van der Waals surface area contributed by atoms with Crippen LogP contribution >= 0.6 is 11.6 Å². The first-order valence-corrected chi connectivity index (χ1v) is 10.4. The summed E-state index contributed by atoms with van der Waals surface area (Å²) in [4.78, 5) is 24.9. The molecule has 0 radical (unpaired) electrons. The summed E-state index contributed by atoms with van der Waals surface area (Å²) in [6.45, 7) is 6.02. The molecule has 0 atom stereocenters. The molecule has 2 N–H and O–H groups in total. The van der Waals surface area contributed by atoms with Crippen molar-refractivity contribution in [1.29, 1.82) is 0 Å². The van der Waals surface area contributed by atoms with Crippen molar-refractivity contribution in [3.05, 3.63) is 88.4 Å². The molecule has 0 aromatic heterocycles. The van der Waals surface area contributed by atoms with Gasteiger partial charge in [-0.2, -0.15) is 0 Å². The van der Waals surface area contributed by atoms with Crippen LogP contribution in [0.4, 0.5) is 11.4 Å².